The van der Waals surface area contributed by atoms with Gasteiger partial charge in [-0.05, 0) is 65.2 Å². The summed E-state index contributed by atoms with van der Waals surface area (Å²) < 4.78 is 23.6. The third-order valence-electron chi connectivity index (χ3n) is 7.52. The van der Waals surface area contributed by atoms with Crippen molar-refractivity contribution < 1.29 is 28.8 Å². The maximum Gasteiger partial charge on any atom is 0.254 e. The van der Waals surface area contributed by atoms with Crippen LogP contribution in [-0.2, 0) is 0 Å². The largest absolute Gasteiger partial charge is 0.494 e. The van der Waals surface area contributed by atoms with Gasteiger partial charge in [-0.25, -0.2) is 0 Å². The lowest BCUT2D eigenvalue weighted by Crippen LogP contribution is -2.56. The minimum Gasteiger partial charge on any atom is -0.494 e. The number of amides is 1. The molecular weight excluding hydrogens is 470 g/mol. The maximum atomic E-state index is 14.3. The summed E-state index contributed by atoms with van der Waals surface area (Å²) in [5.74, 6) is 2.09. The van der Waals surface area contributed by atoms with E-state index in [-0.39, 0.29) is 17.9 Å². The van der Waals surface area contributed by atoms with Crippen LogP contribution >= 0.6 is 0 Å². The zero-order chi connectivity index (χ0) is 26.4. The number of piperidine rings is 1. The van der Waals surface area contributed by atoms with Gasteiger partial charge in [0.05, 0.1) is 38.1 Å². The van der Waals surface area contributed by atoms with Gasteiger partial charge in [0.15, 0.2) is 11.5 Å². The molecule has 37 heavy (non-hydrogen) atoms. The standard InChI is InChI=1S/C30H41NO6/c1-5-34-24-15-10-9-13-22(24)27-23-14-11-12-16-30(23,33)17-18-31(27)29(32)21-19-25(35-6-2)28(37-8-4)26(20-21)36-7-3/h9-10,13,15,19-20,23,27,33H,5-8,11-12,14,16-18H2,1-4H3/t23?,27-,30?/m0/s1. The van der Waals surface area contributed by atoms with Gasteiger partial charge in [-0.3, -0.25) is 4.79 Å². The monoisotopic (exact) mass is 511 g/mol. The van der Waals surface area contributed by atoms with Crippen molar-refractivity contribution in [2.45, 2.75) is 71.4 Å². The van der Waals surface area contributed by atoms with Crippen molar-refractivity contribution in [1.29, 1.82) is 0 Å². The van der Waals surface area contributed by atoms with E-state index in [1.54, 1.807) is 12.1 Å². The zero-order valence-corrected chi connectivity index (χ0v) is 22.6. The van der Waals surface area contributed by atoms with E-state index in [0.717, 1.165) is 37.0 Å². The predicted molar refractivity (Wildman–Crippen MR) is 143 cm³/mol. The van der Waals surface area contributed by atoms with Crippen LogP contribution in [0.2, 0.25) is 0 Å². The molecule has 1 saturated heterocycles. The molecule has 2 fully saturated rings. The van der Waals surface area contributed by atoms with Crippen LogP contribution in [-0.4, -0.2) is 54.5 Å². The van der Waals surface area contributed by atoms with Gasteiger partial charge in [0.25, 0.3) is 5.91 Å². The topological polar surface area (TPSA) is 77.5 Å². The number of benzene rings is 2. The van der Waals surface area contributed by atoms with Crippen LogP contribution in [0.25, 0.3) is 0 Å². The Morgan fingerprint density at radius 2 is 1.51 bits per heavy atom. The number of aliphatic hydroxyl groups is 1. The molecule has 1 amide bonds. The van der Waals surface area contributed by atoms with Gasteiger partial charge in [0.2, 0.25) is 5.75 Å². The number of carbonyl (C=O) groups is 1. The fourth-order valence-corrected chi connectivity index (χ4v) is 5.98. The molecule has 2 aromatic carbocycles. The number of likely N-dealkylation sites (tertiary alicyclic amines) is 1. The first kappa shape index (κ1) is 27.1. The molecule has 202 valence electrons. The molecule has 0 radical (unpaired) electrons. The lowest BCUT2D eigenvalue weighted by molar-refractivity contribution is -0.115. The van der Waals surface area contributed by atoms with E-state index in [9.17, 15) is 9.90 Å². The molecule has 1 heterocycles. The molecule has 1 aliphatic carbocycles. The molecule has 0 spiro atoms. The lowest BCUT2D eigenvalue weighted by atomic mass is 9.66. The highest BCUT2D eigenvalue weighted by Crippen LogP contribution is 2.51. The van der Waals surface area contributed by atoms with Crippen LogP contribution in [0.3, 0.4) is 0 Å². The Bertz CT molecular complexity index is 1040. The van der Waals surface area contributed by atoms with Gasteiger partial charge >= 0.3 is 0 Å². The van der Waals surface area contributed by atoms with Crippen LogP contribution in [0.1, 0.15) is 81.8 Å². The molecule has 0 aromatic heterocycles. The van der Waals surface area contributed by atoms with Crippen molar-refractivity contribution in [2.24, 2.45) is 5.92 Å². The van der Waals surface area contributed by atoms with E-state index in [4.69, 9.17) is 18.9 Å². The average molecular weight is 512 g/mol. The van der Waals surface area contributed by atoms with Gasteiger partial charge in [-0.1, -0.05) is 31.0 Å². The fourth-order valence-electron chi connectivity index (χ4n) is 5.98. The summed E-state index contributed by atoms with van der Waals surface area (Å²) in [6.07, 6.45) is 4.23. The van der Waals surface area contributed by atoms with Crippen LogP contribution in [0, 0.1) is 5.92 Å². The van der Waals surface area contributed by atoms with Crippen molar-refractivity contribution >= 4 is 5.91 Å². The maximum absolute atomic E-state index is 14.3. The molecule has 3 atom stereocenters. The third kappa shape index (κ3) is 5.52. The van der Waals surface area contributed by atoms with Crippen molar-refractivity contribution in [1.82, 2.24) is 4.90 Å². The molecule has 1 aliphatic heterocycles. The molecule has 7 nitrogen and oxygen atoms in total. The molecule has 4 rings (SSSR count). The molecule has 2 aliphatic rings. The lowest BCUT2D eigenvalue weighted by Gasteiger charge is -2.52. The molecule has 1 saturated carbocycles. The van der Waals surface area contributed by atoms with Crippen molar-refractivity contribution in [2.75, 3.05) is 33.0 Å². The first-order chi connectivity index (χ1) is 18.0. The Morgan fingerprint density at radius 1 is 0.892 bits per heavy atom. The van der Waals surface area contributed by atoms with Crippen LogP contribution in [0.15, 0.2) is 36.4 Å². The number of nitrogens with zero attached hydrogens (tertiary/aromatic N) is 1. The Balaban J connectivity index is 1.80. The first-order valence-corrected chi connectivity index (χ1v) is 13.8. The third-order valence-corrected chi connectivity index (χ3v) is 7.52. The summed E-state index contributed by atoms with van der Waals surface area (Å²) in [6.45, 7) is 9.99. The highest BCUT2D eigenvalue weighted by Gasteiger charge is 2.51. The molecule has 2 aromatic rings. The number of hydrogen-bond acceptors (Lipinski definition) is 6. The van der Waals surface area contributed by atoms with Crippen LogP contribution in [0.5, 0.6) is 23.0 Å². The summed E-state index contributed by atoms with van der Waals surface area (Å²) in [5.41, 5.74) is 0.643. The molecule has 2 unspecified atom stereocenters. The molecule has 0 bridgehead atoms. The van der Waals surface area contributed by atoms with Gasteiger partial charge in [0.1, 0.15) is 5.75 Å². The summed E-state index contributed by atoms with van der Waals surface area (Å²) >= 11 is 0. The van der Waals surface area contributed by atoms with E-state index < -0.39 is 5.60 Å². The van der Waals surface area contributed by atoms with Crippen molar-refractivity contribution in [3.63, 3.8) is 0 Å². The predicted octanol–water partition coefficient (Wildman–Crippen LogP) is 5.79. The SMILES string of the molecule is CCOc1ccccc1[C@H]1C2CCCCC2(O)CCN1C(=O)c1cc(OCC)c(OCC)c(OCC)c1. The fraction of sp³-hybridized carbons (Fsp3) is 0.567. The first-order valence-electron chi connectivity index (χ1n) is 13.8. The van der Waals surface area contributed by atoms with E-state index in [0.29, 0.717) is 62.2 Å². The highest BCUT2D eigenvalue weighted by atomic mass is 16.5. The number of hydrogen-bond donors (Lipinski definition) is 1. The van der Waals surface area contributed by atoms with Gasteiger partial charge in [0, 0.05) is 23.6 Å². The number of fused-ring (bicyclic) bond motifs is 1. The van der Waals surface area contributed by atoms with E-state index in [1.807, 2.05) is 56.9 Å². The molecule has 1 N–H and O–H groups in total. The Morgan fingerprint density at radius 3 is 2.16 bits per heavy atom. The number of ether oxygens (including phenoxy) is 4. The zero-order valence-electron chi connectivity index (χ0n) is 22.6. The number of para-hydroxylation sites is 1. The summed E-state index contributed by atoms with van der Waals surface area (Å²) in [6, 6.07) is 11.1. The Kier molecular flexibility index (Phi) is 8.85. The summed E-state index contributed by atoms with van der Waals surface area (Å²) in [4.78, 5) is 16.2. The van der Waals surface area contributed by atoms with Crippen LogP contribution in [0.4, 0.5) is 0 Å². The highest BCUT2D eigenvalue weighted by molar-refractivity contribution is 5.96. The quantitative estimate of drug-likeness (QED) is 0.435. The average Bonchev–Trinajstić information content (AvgIpc) is 2.90. The summed E-state index contributed by atoms with van der Waals surface area (Å²) in [5, 5.41) is 11.7. The normalized spacial score (nSPS) is 23.2. The van der Waals surface area contributed by atoms with E-state index >= 15 is 0 Å². The van der Waals surface area contributed by atoms with E-state index in [2.05, 4.69) is 0 Å². The second-order valence-electron chi connectivity index (χ2n) is 9.72. The second-order valence-corrected chi connectivity index (χ2v) is 9.72. The minimum absolute atomic E-state index is 0.0685. The van der Waals surface area contributed by atoms with Gasteiger partial charge in [-0.2, -0.15) is 0 Å². The van der Waals surface area contributed by atoms with E-state index in [1.165, 1.54) is 0 Å². The Hall–Kier alpha value is -2.93. The molecule has 7 heteroatoms. The smallest absolute Gasteiger partial charge is 0.254 e. The second kappa shape index (κ2) is 12.1. The van der Waals surface area contributed by atoms with Crippen molar-refractivity contribution in [3.05, 3.63) is 47.5 Å². The van der Waals surface area contributed by atoms with Crippen LogP contribution < -0.4 is 18.9 Å². The molecular formula is C30H41NO6. The number of rotatable bonds is 10. The van der Waals surface area contributed by atoms with Crippen molar-refractivity contribution in [3.8, 4) is 23.0 Å². The minimum atomic E-state index is -0.787. The van der Waals surface area contributed by atoms with Gasteiger partial charge in [-0.15, -0.1) is 0 Å². The Labute approximate surface area is 220 Å². The van der Waals surface area contributed by atoms with Gasteiger partial charge < -0.3 is 29.0 Å². The summed E-state index contributed by atoms with van der Waals surface area (Å²) in [7, 11) is 0. The number of carbonyl (C=O) groups excluding carboxylic acids is 1.